The smallest absolute Gasteiger partial charge is 0.342 e. The van der Waals surface area contributed by atoms with Gasteiger partial charge in [-0.3, -0.25) is 18.7 Å². The molecule has 3 aromatic heterocycles. The van der Waals surface area contributed by atoms with Crippen LogP contribution < -0.4 is 10.3 Å². The number of esters is 1. The minimum Gasteiger partial charge on any atom is -0.455 e. The van der Waals surface area contributed by atoms with Crippen LogP contribution >= 0.6 is 0 Å². The Kier molecular flexibility index (Phi) is 5.06. The molecule has 9 nitrogen and oxygen atoms in total. The van der Waals surface area contributed by atoms with Gasteiger partial charge in [-0.2, -0.15) is 0 Å². The highest BCUT2D eigenvalue weighted by molar-refractivity contribution is 5.92. The molecule has 9 heteroatoms. The minimum absolute atomic E-state index is 0.137. The van der Waals surface area contributed by atoms with Crippen molar-refractivity contribution in [2.75, 3.05) is 0 Å². The fourth-order valence-electron chi connectivity index (χ4n) is 3.62. The first-order chi connectivity index (χ1) is 16.0. The molecule has 0 bridgehead atoms. The predicted molar refractivity (Wildman–Crippen MR) is 120 cm³/mol. The molecule has 0 unspecified atom stereocenters. The van der Waals surface area contributed by atoms with Crippen LogP contribution in [-0.2, 0) is 18.4 Å². The molecule has 164 valence electrons. The molecule has 0 aliphatic heterocycles. The Morgan fingerprint density at radius 1 is 1.06 bits per heavy atom. The van der Waals surface area contributed by atoms with Crippen LogP contribution in [0, 0.1) is 6.92 Å². The van der Waals surface area contributed by atoms with Crippen LogP contribution in [0.4, 0.5) is 0 Å². The van der Waals surface area contributed by atoms with E-state index in [0.717, 1.165) is 5.56 Å². The predicted octanol–water partition coefficient (Wildman–Crippen LogP) is 3.43. The molecule has 0 atom stereocenters. The van der Waals surface area contributed by atoms with Gasteiger partial charge in [0.15, 0.2) is 12.4 Å². The molecule has 33 heavy (non-hydrogen) atoms. The second-order valence-electron chi connectivity index (χ2n) is 7.50. The topological polar surface area (TPSA) is 101 Å². The van der Waals surface area contributed by atoms with Gasteiger partial charge in [-0.1, -0.05) is 23.8 Å². The molecule has 0 aliphatic carbocycles. The average Bonchev–Trinajstić information content (AvgIpc) is 3.26. The van der Waals surface area contributed by atoms with E-state index in [1.54, 1.807) is 60.2 Å². The normalized spacial score (nSPS) is 11.1. The van der Waals surface area contributed by atoms with Gasteiger partial charge in [0.1, 0.15) is 17.1 Å². The molecular formula is C24H19N5O4. The van der Waals surface area contributed by atoms with Crippen molar-refractivity contribution in [3.05, 3.63) is 94.3 Å². The van der Waals surface area contributed by atoms with Gasteiger partial charge in [0.2, 0.25) is 5.78 Å². The zero-order chi connectivity index (χ0) is 22.9. The first kappa shape index (κ1) is 20.4. The number of benzene rings is 2. The summed E-state index contributed by atoms with van der Waals surface area (Å²) < 4.78 is 14.5. The second-order valence-corrected chi connectivity index (χ2v) is 7.50. The summed E-state index contributed by atoms with van der Waals surface area (Å²) in [4.78, 5) is 29.6. The fraction of sp³-hybridized carbons (Fsp3) is 0.125. The van der Waals surface area contributed by atoms with E-state index in [-0.39, 0.29) is 17.7 Å². The zero-order valence-corrected chi connectivity index (χ0v) is 17.9. The molecule has 0 saturated carbocycles. The van der Waals surface area contributed by atoms with Crippen molar-refractivity contribution in [3.8, 4) is 11.5 Å². The van der Waals surface area contributed by atoms with E-state index in [2.05, 4.69) is 15.2 Å². The molecule has 0 spiro atoms. The van der Waals surface area contributed by atoms with Gasteiger partial charge in [0, 0.05) is 13.2 Å². The minimum atomic E-state index is -0.573. The van der Waals surface area contributed by atoms with E-state index < -0.39 is 5.97 Å². The summed E-state index contributed by atoms with van der Waals surface area (Å²) in [5.74, 6) is 1.04. The average molecular weight is 441 g/mol. The maximum absolute atomic E-state index is 12.9. The van der Waals surface area contributed by atoms with Crippen molar-refractivity contribution in [1.82, 2.24) is 24.1 Å². The van der Waals surface area contributed by atoms with Crippen molar-refractivity contribution in [1.29, 1.82) is 0 Å². The lowest BCUT2D eigenvalue weighted by Crippen LogP contribution is -2.20. The number of hydrogen-bond acceptors (Lipinski definition) is 7. The van der Waals surface area contributed by atoms with Gasteiger partial charge in [-0.05, 0) is 43.3 Å². The molecule has 0 radical (unpaired) electrons. The summed E-state index contributed by atoms with van der Waals surface area (Å²) in [5.41, 5.74) is 1.71. The monoisotopic (exact) mass is 441 g/mol. The first-order valence-electron chi connectivity index (χ1n) is 10.2. The first-order valence-corrected chi connectivity index (χ1v) is 10.2. The van der Waals surface area contributed by atoms with Crippen LogP contribution in [0.15, 0.2) is 71.8 Å². The van der Waals surface area contributed by atoms with E-state index in [0.29, 0.717) is 34.0 Å². The maximum Gasteiger partial charge on any atom is 0.342 e. The summed E-state index contributed by atoms with van der Waals surface area (Å²) in [6.45, 7) is 1.78. The van der Waals surface area contributed by atoms with Crippen LogP contribution in [0.1, 0.15) is 21.7 Å². The van der Waals surface area contributed by atoms with Crippen LogP contribution in [0.25, 0.3) is 16.7 Å². The van der Waals surface area contributed by atoms with Crippen LogP contribution in [0.5, 0.6) is 11.5 Å². The Hall–Kier alpha value is -4.53. The van der Waals surface area contributed by atoms with Crippen molar-refractivity contribution in [3.63, 3.8) is 0 Å². The van der Waals surface area contributed by atoms with Gasteiger partial charge in [-0.15, -0.1) is 10.2 Å². The highest BCUT2D eigenvalue weighted by Gasteiger charge is 2.19. The van der Waals surface area contributed by atoms with E-state index in [1.165, 1.54) is 4.57 Å². The van der Waals surface area contributed by atoms with E-state index in [4.69, 9.17) is 9.47 Å². The highest BCUT2D eigenvalue weighted by Crippen LogP contribution is 2.25. The largest absolute Gasteiger partial charge is 0.455 e. The molecule has 0 fully saturated rings. The van der Waals surface area contributed by atoms with Gasteiger partial charge in [0.25, 0.3) is 5.56 Å². The van der Waals surface area contributed by atoms with Crippen LogP contribution in [0.2, 0.25) is 0 Å². The molecule has 3 heterocycles. The lowest BCUT2D eigenvalue weighted by molar-refractivity contribution is 0.0458. The standard InChI is InChI=1S/C24H19N5O4/c1-15-9-10-19-18(12-15)22(30)28(2)24-27-26-21(29(19)24)14-32-23(31)17-7-3-4-8-20(17)33-16-6-5-11-25-13-16/h3-13H,14H2,1-2H3. The number of fused-ring (bicyclic) bond motifs is 3. The lowest BCUT2D eigenvalue weighted by Gasteiger charge is -2.11. The number of carbonyl (C=O) groups excluding carboxylic acids is 1. The van der Waals surface area contributed by atoms with Gasteiger partial charge in [0.05, 0.1) is 17.1 Å². The number of ether oxygens (including phenoxy) is 2. The maximum atomic E-state index is 12.9. The summed E-state index contributed by atoms with van der Waals surface area (Å²) in [6.07, 6.45) is 3.19. The number of hydrogen-bond donors (Lipinski definition) is 0. The molecule has 0 amide bonds. The van der Waals surface area contributed by atoms with Gasteiger partial charge < -0.3 is 9.47 Å². The van der Waals surface area contributed by atoms with Gasteiger partial charge >= 0.3 is 5.97 Å². The Labute approximate surface area is 187 Å². The Balaban J connectivity index is 1.46. The quantitative estimate of drug-likeness (QED) is 0.385. The number of rotatable bonds is 5. The second kappa shape index (κ2) is 8.19. The summed E-state index contributed by atoms with van der Waals surface area (Å²) in [7, 11) is 1.63. The van der Waals surface area contributed by atoms with E-state index >= 15 is 0 Å². The van der Waals surface area contributed by atoms with Crippen LogP contribution in [-0.4, -0.2) is 30.1 Å². The van der Waals surface area contributed by atoms with Crippen molar-refractivity contribution in [2.45, 2.75) is 13.5 Å². The van der Waals surface area contributed by atoms with E-state index in [9.17, 15) is 9.59 Å². The zero-order valence-electron chi connectivity index (χ0n) is 17.9. The third kappa shape index (κ3) is 3.69. The molecule has 0 N–H and O–H groups in total. The highest BCUT2D eigenvalue weighted by atomic mass is 16.5. The fourth-order valence-corrected chi connectivity index (χ4v) is 3.62. The van der Waals surface area contributed by atoms with E-state index in [1.807, 2.05) is 25.1 Å². The van der Waals surface area contributed by atoms with Gasteiger partial charge in [-0.25, -0.2) is 4.79 Å². The third-order valence-corrected chi connectivity index (χ3v) is 5.24. The molecule has 0 aliphatic rings. The Bertz CT molecular complexity index is 1560. The number of aromatic nitrogens is 5. The number of carbonyl (C=O) groups is 1. The summed E-state index contributed by atoms with van der Waals surface area (Å²) in [5, 5.41) is 8.83. The Morgan fingerprint density at radius 3 is 2.73 bits per heavy atom. The molecule has 0 saturated heterocycles. The summed E-state index contributed by atoms with van der Waals surface area (Å²) >= 11 is 0. The number of para-hydroxylation sites is 1. The molecular weight excluding hydrogens is 422 g/mol. The molecule has 2 aromatic carbocycles. The number of nitrogens with zero attached hydrogens (tertiary/aromatic N) is 5. The van der Waals surface area contributed by atoms with Crippen LogP contribution in [0.3, 0.4) is 0 Å². The third-order valence-electron chi connectivity index (χ3n) is 5.24. The lowest BCUT2D eigenvalue weighted by atomic mass is 10.1. The summed E-state index contributed by atoms with van der Waals surface area (Å²) in [6, 6.07) is 15.8. The molecule has 5 aromatic rings. The van der Waals surface area contributed by atoms with Crippen molar-refractivity contribution < 1.29 is 14.3 Å². The SMILES string of the molecule is Cc1ccc2c(c1)c(=O)n(C)c1nnc(COC(=O)c3ccccc3Oc3cccnc3)n21. The van der Waals surface area contributed by atoms with Crippen molar-refractivity contribution >= 4 is 22.6 Å². The number of aryl methyl sites for hydroxylation is 2. The number of pyridine rings is 1. The van der Waals surface area contributed by atoms with Crippen molar-refractivity contribution in [2.24, 2.45) is 7.05 Å². The molecule has 5 rings (SSSR count). The Morgan fingerprint density at radius 2 is 1.91 bits per heavy atom.